The Bertz CT molecular complexity index is 340. The lowest BCUT2D eigenvalue weighted by atomic mass is 10.3. The molecule has 1 atom stereocenters. The van der Waals surface area contributed by atoms with Gasteiger partial charge in [0.2, 0.25) is 5.91 Å². The molecule has 88 valence electrons. The maximum Gasteiger partial charge on any atom is 0.233 e. The fraction of sp³-hybridized carbons (Fsp3) is 0.364. The maximum absolute atomic E-state index is 12.6. The van der Waals surface area contributed by atoms with Crippen LogP contribution in [0.4, 0.5) is 4.39 Å². The van der Waals surface area contributed by atoms with Crippen LogP contribution >= 0.6 is 15.9 Å². The second-order valence-electron chi connectivity index (χ2n) is 3.21. The molecule has 3 nitrogen and oxygen atoms in total. The van der Waals surface area contributed by atoms with Crippen LogP contribution in [-0.2, 0) is 4.79 Å². The highest BCUT2D eigenvalue weighted by molar-refractivity contribution is 9.10. The van der Waals surface area contributed by atoms with Crippen molar-refractivity contribution in [3.8, 4) is 5.75 Å². The fourth-order valence-corrected chi connectivity index (χ4v) is 1.18. The molecule has 0 aliphatic carbocycles. The number of ether oxygens (including phenoxy) is 1. The van der Waals surface area contributed by atoms with Gasteiger partial charge in [0.15, 0.2) is 0 Å². The summed E-state index contributed by atoms with van der Waals surface area (Å²) in [6.45, 7) is 2.53. The number of alkyl halides is 1. The van der Waals surface area contributed by atoms with E-state index in [1.54, 1.807) is 19.1 Å². The van der Waals surface area contributed by atoms with Gasteiger partial charge in [0.1, 0.15) is 18.2 Å². The van der Waals surface area contributed by atoms with E-state index >= 15 is 0 Å². The lowest BCUT2D eigenvalue weighted by molar-refractivity contribution is -0.120. The van der Waals surface area contributed by atoms with Crippen LogP contribution in [0.1, 0.15) is 6.92 Å². The van der Waals surface area contributed by atoms with Gasteiger partial charge >= 0.3 is 0 Å². The van der Waals surface area contributed by atoms with Crippen LogP contribution in [0.3, 0.4) is 0 Å². The molecule has 5 heteroatoms. The van der Waals surface area contributed by atoms with Gasteiger partial charge in [-0.05, 0) is 31.2 Å². The third-order valence-electron chi connectivity index (χ3n) is 1.84. The van der Waals surface area contributed by atoms with Gasteiger partial charge in [-0.2, -0.15) is 0 Å². The molecule has 0 heterocycles. The Hall–Kier alpha value is -1.10. The molecular weight excluding hydrogens is 277 g/mol. The molecule has 0 aromatic heterocycles. The zero-order valence-corrected chi connectivity index (χ0v) is 10.5. The van der Waals surface area contributed by atoms with Gasteiger partial charge in [-0.3, -0.25) is 4.79 Å². The summed E-state index contributed by atoms with van der Waals surface area (Å²) in [4.78, 5) is 10.9. The molecule has 0 bridgehead atoms. The van der Waals surface area contributed by atoms with Crippen molar-refractivity contribution in [3.05, 3.63) is 30.1 Å². The Morgan fingerprint density at radius 1 is 1.50 bits per heavy atom. The molecule has 0 aliphatic rings. The molecule has 0 saturated carbocycles. The fourth-order valence-electron chi connectivity index (χ4n) is 1.01. The van der Waals surface area contributed by atoms with E-state index in [0.717, 1.165) is 0 Å². The lowest BCUT2D eigenvalue weighted by Gasteiger charge is -2.08. The van der Waals surface area contributed by atoms with Crippen LogP contribution in [0.25, 0.3) is 0 Å². The van der Waals surface area contributed by atoms with E-state index in [1.165, 1.54) is 12.1 Å². The summed E-state index contributed by atoms with van der Waals surface area (Å²) >= 11 is 3.15. The zero-order valence-electron chi connectivity index (χ0n) is 8.87. The molecule has 0 fully saturated rings. The molecular formula is C11H13BrFNO2. The van der Waals surface area contributed by atoms with Crippen LogP contribution in [0, 0.1) is 5.82 Å². The van der Waals surface area contributed by atoms with Crippen LogP contribution in [0.5, 0.6) is 5.75 Å². The van der Waals surface area contributed by atoms with E-state index in [9.17, 15) is 9.18 Å². The van der Waals surface area contributed by atoms with Gasteiger partial charge in [0, 0.05) is 0 Å². The van der Waals surface area contributed by atoms with Crippen molar-refractivity contribution in [2.45, 2.75) is 11.8 Å². The normalized spacial score (nSPS) is 11.9. The standard InChI is InChI=1S/C11H13BrFNO2/c1-8(12)11(15)14-6-7-16-10-4-2-9(13)3-5-10/h2-5,8H,6-7H2,1H3,(H,14,15). The molecule has 16 heavy (non-hydrogen) atoms. The molecule has 1 aromatic carbocycles. The van der Waals surface area contributed by atoms with E-state index < -0.39 is 0 Å². The smallest absolute Gasteiger partial charge is 0.233 e. The number of carbonyl (C=O) groups excluding carboxylic acids is 1. The van der Waals surface area contributed by atoms with Crippen LogP contribution in [-0.4, -0.2) is 23.9 Å². The number of rotatable bonds is 5. The van der Waals surface area contributed by atoms with E-state index in [4.69, 9.17) is 4.74 Å². The molecule has 1 amide bonds. The number of hydrogen-bond donors (Lipinski definition) is 1. The summed E-state index contributed by atoms with van der Waals surface area (Å²) < 4.78 is 17.8. The van der Waals surface area contributed by atoms with Crippen molar-refractivity contribution in [1.29, 1.82) is 0 Å². The lowest BCUT2D eigenvalue weighted by Crippen LogP contribution is -2.32. The summed E-state index contributed by atoms with van der Waals surface area (Å²) in [5, 5.41) is 2.68. The number of carbonyl (C=O) groups is 1. The Morgan fingerprint density at radius 2 is 2.12 bits per heavy atom. The minimum Gasteiger partial charge on any atom is -0.492 e. The Labute approximate surface area is 102 Å². The van der Waals surface area contributed by atoms with Gasteiger partial charge in [0.25, 0.3) is 0 Å². The average Bonchev–Trinajstić information content (AvgIpc) is 2.26. The number of halogens is 2. The first-order valence-electron chi connectivity index (χ1n) is 4.90. The maximum atomic E-state index is 12.6. The van der Waals surface area contributed by atoms with Gasteiger partial charge in [-0.1, -0.05) is 15.9 Å². The molecule has 0 radical (unpaired) electrons. The molecule has 1 aromatic rings. The second-order valence-corrected chi connectivity index (χ2v) is 4.58. The first-order chi connectivity index (χ1) is 7.59. The molecule has 1 rings (SSSR count). The topological polar surface area (TPSA) is 38.3 Å². The number of nitrogens with one attached hydrogen (secondary N) is 1. The highest BCUT2D eigenvalue weighted by Gasteiger charge is 2.06. The van der Waals surface area contributed by atoms with Gasteiger partial charge in [-0.15, -0.1) is 0 Å². The molecule has 1 N–H and O–H groups in total. The van der Waals surface area contributed by atoms with Crippen molar-refractivity contribution >= 4 is 21.8 Å². The Balaban J connectivity index is 2.21. The van der Waals surface area contributed by atoms with Crippen molar-refractivity contribution in [2.75, 3.05) is 13.2 Å². The highest BCUT2D eigenvalue weighted by atomic mass is 79.9. The molecule has 0 aliphatic heterocycles. The monoisotopic (exact) mass is 289 g/mol. The quantitative estimate of drug-likeness (QED) is 0.666. The summed E-state index contributed by atoms with van der Waals surface area (Å²) in [6.07, 6.45) is 0. The van der Waals surface area contributed by atoms with Crippen LogP contribution < -0.4 is 10.1 Å². The highest BCUT2D eigenvalue weighted by Crippen LogP contribution is 2.10. The van der Waals surface area contributed by atoms with E-state index in [1.807, 2.05) is 0 Å². The SMILES string of the molecule is CC(Br)C(=O)NCCOc1ccc(F)cc1. The first-order valence-corrected chi connectivity index (χ1v) is 5.81. The molecule has 0 saturated heterocycles. The predicted molar refractivity (Wildman–Crippen MR) is 63.3 cm³/mol. The summed E-state index contributed by atoms with van der Waals surface area (Å²) in [5.74, 6) is 0.207. The number of amides is 1. The minimum absolute atomic E-state index is 0.0808. The van der Waals surface area contributed by atoms with Crippen molar-refractivity contribution < 1.29 is 13.9 Å². The van der Waals surface area contributed by atoms with E-state index in [-0.39, 0.29) is 16.6 Å². The third-order valence-corrected chi connectivity index (χ3v) is 2.26. The molecule has 0 spiro atoms. The van der Waals surface area contributed by atoms with Gasteiger partial charge in [0.05, 0.1) is 11.4 Å². The summed E-state index contributed by atoms with van der Waals surface area (Å²) in [6, 6.07) is 5.75. The van der Waals surface area contributed by atoms with Gasteiger partial charge < -0.3 is 10.1 Å². The van der Waals surface area contributed by atoms with E-state index in [2.05, 4.69) is 21.2 Å². The average molecular weight is 290 g/mol. The van der Waals surface area contributed by atoms with Crippen LogP contribution in [0.15, 0.2) is 24.3 Å². The Kier molecular flexibility index (Phi) is 5.25. The largest absolute Gasteiger partial charge is 0.492 e. The number of benzene rings is 1. The summed E-state index contributed by atoms with van der Waals surface area (Å²) in [7, 11) is 0. The molecule has 1 unspecified atom stereocenters. The number of hydrogen-bond acceptors (Lipinski definition) is 2. The van der Waals surface area contributed by atoms with Crippen LogP contribution in [0.2, 0.25) is 0 Å². The third kappa shape index (κ3) is 4.61. The second kappa shape index (κ2) is 6.48. The zero-order chi connectivity index (χ0) is 12.0. The van der Waals surface area contributed by atoms with Crippen molar-refractivity contribution in [2.24, 2.45) is 0 Å². The van der Waals surface area contributed by atoms with Gasteiger partial charge in [-0.25, -0.2) is 4.39 Å². The Morgan fingerprint density at radius 3 is 2.69 bits per heavy atom. The first kappa shape index (κ1) is 13.0. The minimum atomic E-state index is -0.297. The van der Waals surface area contributed by atoms with Crippen molar-refractivity contribution in [1.82, 2.24) is 5.32 Å². The van der Waals surface area contributed by atoms with E-state index in [0.29, 0.717) is 18.9 Å². The predicted octanol–water partition coefficient (Wildman–Crippen LogP) is 2.10. The van der Waals surface area contributed by atoms with Crippen molar-refractivity contribution in [3.63, 3.8) is 0 Å². The summed E-state index contributed by atoms with van der Waals surface area (Å²) in [5.41, 5.74) is 0.